The Morgan fingerprint density at radius 3 is 2.50 bits per heavy atom. The fourth-order valence-corrected chi connectivity index (χ4v) is 2.66. The number of benzene rings is 1. The number of nitrogens with zero attached hydrogens (tertiary/aromatic N) is 1. The van der Waals surface area contributed by atoms with Gasteiger partial charge in [-0.25, -0.2) is 0 Å². The van der Waals surface area contributed by atoms with Gasteiger partial charge in [0, 0.05) is 20.1 Å². The van der Waals surface area contributed by atoms with Crippen molar-refractivity contribution in [2.75, 3.05) is 20.1 Å². The van der Waals surface area contributed by atoms with Gasteiger partial charge in [0.1, 0.15) is 5.41 Å². The monoisotopic (exact) mass is 302 g/mol. The van der Waals surface area contributed by atoms with Gasteiger partial charge in [-0.05, 0) is 31.2 Å². The normalized spacial score (nSPS) is 15.2. The molecule has 1 saturated carbocycles. The topological polar surface area (TPSA) is 49.4 Å². The minimum Gasteiger partial charge on any atom is -0.355 e. The molecule has 1 fully saturated rings. The van der Waals surface area contributed by atoms with Crippen molar-refractivity contribution in [1.29, 1.82) is 0 Å². The summed E-state index contributed by atoms with van der Waals surface area (Å²) in [5, 5.41) is 2.94. The minimum atomic E-state index is -0.779. The van der Waals surface area contributed by atoms with Crippen LogP contribution in [0.3, 0.4) is 0 Å². The van der Waals surface area contributed by atoms with Gasteiger partial charge in [-0.1, -0.05) is 43.7 Å². The number of amides is 2. The lowest BCUT2D eigenvalue weighted by Crippen LogP contribution is -2.44. The fourth-order valence-electron chi connectivity index (χ4n) is 2.66. The second-order valence-electron chi connectivity index (χ2n) is 6.15. The third-order valence-corrected chi connectivity index (χ3v) is 4.33. The maximum atomic E-state index is 12.5. The highest BCUT2D eigenvalue weighted by atomic mass is 16.2. The zero-order valence-electron chi connectivity index (χ0n) is 13.6. The Balaban J connectivity index is 1.82. The fraction of sp³-hybridized carbons (Fsp3) is 0.556. The molecular formula is C18H26N2O2. The summed E-state index contributed by atoms with van der Waals surface area (Å²) in [5.41, 5.74) is 0.415. The van der Waals surface area contributed by atoms with E-state index in [2.05, 4.69) is 12.2 Å². The summed E-state index contributed by atoms with van der Waals surface area (Å²) in [6.07, 6.45) is 4.18. The molecule has 4 heteroatoms. The number of carbonyl (C=O) groups excluding carboxylic acids is 2. The first-order valence-electron chi connectivity index (χ1n) is 8.18. The highest BCUT2D eigenvalue weighted by molar-refractivity contribution is 6.07. The lowest BCUT2D eigenvalue weighted by Gasteiger charge is -2.23. The molecule has 1 aromatic carbocycles. The van der Waals surface area contributed by atoms with Crippen LogP contribution in [-0.2, 0) is 16.0 Å². The van der Waals surface area contributed by atoms with E-state index in [0.29, 0.717) is 19.4 Å². The average Bonchev–Trinajstić information content (AvgIpc) is 3.34. The van der Waals surface area contributed by atoms with Crippen molar-refractivity contribution < 1.29 is 9.59 Å². The number of hydrogen-bond donors (Lipinski definition) is 1. The number of rotatable bonds is 8. The molecule has 1 aromatic rings. The van der Waals surface area contributed by atoms with E-state index in [0.717, 1.165) is 25.8 Å². The zero-order chi connectivity index (χ0) is 16.0. The summed E-state index contributed by atoms with van der Waals surface area (Å²) >= 11 is 0. The minimum absolute atomic E-state index is 0.0156. The van der Waals surface area contributed by atoms with E-state index in [9.17, 15) is 9.59 Å². The third kappa shape index (κ3) is 3.87. The average molecular weight is 302 g/mol. The van der Waals surface area contributed by atoms with Crippen molar-refractivity contribution in [2.45, 2.75) is 39.0 Å². The van der Waals surface area contributed by atoms with Gasteiger partial charge in [0.25, 0.3) is 0 Å². The molecule has 2 rings (SSSR count). The van der Waals surface area contributed by atoms with Crippen LogP contribution in [0.4, 0.5) is 0 Å². The van der Waals surface area contributed by atoms with Crippen molar-refractivity contribution in [3.8, 4) is 0 Å². The zero-order valence-corrected chi connectivity index (χ0v) is 13.6. The molecular weight excluding hydrogens is 276 g/mol. The van der Waals surface area contributed by atoms with Crippen LogP contribution in [0.2, 0.25) is 0 Å². The first-order valence-corrected chi connectivity index (χ1v) is 8.18. The molecule has 120 valence electrons. The van der Waals surface area contributed by atoms with Crippen LogP contribution in [-0.4, -0.2) is 36.9 Å². The Labute approximate surface area is 132 Å². The summed E-state index contributed by atoms with van der Waals surface area (Å²) in [6.45, 7) is 3.41. The molecule has 22 heavy (non-hydrogen) atoms. The predicted molar refractivity (Wildman–Crippen MR) is 87.4 cm³/mol. The van der Waals surface area contributed by atoms with E-state index in [1.807, 2.05) is 30.3 Å². The first kappa shape index (κ1) is 16.5. The van der Waals surface area contributed by atoms with Gasteiger partial charge in [-0.3, -0.25) is 9.59 Å². The smallest absolute Gasteiger partial charge is 0.238 e. The van der Waals surface area contributed by atoms with Crippen molar-refractivity contribution in [3.05, 3.63) is 35.9 Å². The lowest BCUT2D eigenvalue weighted by molar-refractivity contribution is -0.143. The van der Waals surface area contributed by atoms with E-state index in [1.165, 1.54) is 5.56 Å². The third-order valence-electron chi connectivity index (χ3n) is 4.33. The van der Waals surface area contributed by atoms with Crippen molar-refractivity contribution in [2.24, 2.45) is 5.41 Å². The largest absolute Gasteiger partial charge is 0.355 e. The van der Waals surface area contributed by atoms with Gasteiger partial charge in [-0.15, -0.1) is 0 Å². The molecule has 4 nitrogen and oxygen atoms in total. The molecule has 0 spiro atoms. The van der Waals surface area contributed by atoms with Crippen molar-refractivity contribution >= 4 is 11.8 Å². The first-order chi connectivity index (χ1) is 10.6. The van der Waals surface area contributed by atoms with Gasteiger partial charge in [0.15, 0.2) is 0 Å². The summed E-state index contributed by atoms with van der Waals surface area (Å²) < 4.78 is 0. The molecule has 1 aliphatic carbocycles. The molecule has 1 N–H and O–H groups in total. The Morgan fingerprint density at radius 1 is 1.23 bits per heavy atom. The molecule has 0 saturated heterocycles. The van der Waals surface area contributed by atoms with Gasteiger partial charge in [0.05, 0.1) is 0 Å². The summed E-state index contributed by atoms with van der Waals surface area (Å²) in [7, 11) is 1.80. The molecule has 2 amide bonds. The van der Waals surface area contributed by atoms with Crippen LogP contribution in [0.15, 0.2) is 30.3 Å². The van der Waals surface area contributed by atoms with E-state index in [-0.39, 0.29) is 11.8 Å². The molecule has 1 aliphatic rings. The quantitative estimate of drug-likeness (QED) is 0.750. The predicted octanol–water partition coefficient (Wildman–Crippen LogP) is 2.38. The van der Waals surface area contributed by atoms with Gasteiger partial charge >= 0.3 is 0 Å². The summed E-state index contributed by atoms with van der Waals surface area (Å²) in [6, 6.07) is 10.1. The Kier molecular flexibility index (Phi) is 5.58. The van der Waals surface area contributed by atoms with Crippen LogP contribution in [0.5, 0.6) is 0 Å². The van der Waals surface area contributed by atoms with E-state index < -0.39 is 5.41 Å². The standard InChI is InChI=1S/C18H26N2O2/c1-3-4-14-20(2)17(22)18(11-12-18)16(21)19-13-10-15-8-6-5-7-9-15/h5-9H,3-4,10-14H2,1-2H3,(H,19,21). The molecule has 0 heterocycles. The second-order valence-corrected chi connectivity index (χ2v) is 6.15. The van der Waals surface area contributed by atoms with Gasteiger partial charge in [0.2, 0.25) is 11.8 Å². The lowest BCUT2D eigenvalue weighted by atomic mass is 10.0. The van der Waals surface area contributed by atoms with Crippen LogP contribution in [0.1, 0.15) is 38.2 Å². The maximum absolute atomic E-state index is 12.5. The number of hydrogen-bond acceptors (Lipinski definition) is 2. The molecule has 0 radical (unpaired) electrons. The van der Waals surface area contributed by atoms with Crippen LogP contribution >= 0.6 is 0 Å². The molecule has 0 aliphatic heterocycles. The van der Waals surface area contributed by atoms with Crippen LogP contribution < -0.4 is 5.32 Å². The van der Waals surface area contributed by atoms with Gasteiger partial charge < -0.3 is 10.2 Å². The summed E-state index contributed by atoms with van der Waals surface area (Å²) in [4.78, 5) is 26.6. The number of nitrogens with one attached hydrogen (secondary N) is 1. The van der Waals surface area contributed by atoms with E-state index >= 15 is 0 Å². The number of carbonyl (C=O) groups is 2. The van der Waals surface area contributed by atoms with E-state index in [1.54, 1.807) is 11.9 Å². The molecule has 0 unspecified atom stereocenters. The van der Waals surface area contributed by atoms with Gasteiger partial charge in [-0.2, -0.15) is 0 Å². The highest BCUT2D eigenvalue weighted by Gasteiger charge is 2.57. The molecule has 0 atom stereocenters. The maximum Gasteiger partial charge on any atom is 0.238 e. The summed E-state index contributed by atoms with van der Waals surface area (Å²) in [5.74, 6) is -0.116. The Morgan fingerprint density at radius 2 is 1.91 bits per heavy atom. The van der Waals surface area contributed by atoms with Crippen LogP contribution in [0.25, 0.3) is 0 Å². The molecule has 0 aromatic heterocycles. The highest BCUT2D eigenvalue weighted by Crippen LogP contribution is 2.47. The van der Waals surface area contributed by atoms with Crippen molar-refractivity contribution in [1.82, 2.24) is 10.2 Å². The Bertz CT molecular complexity index is 509. The SMILES string of the molecule is CCCCN(C)C(=O)C1(C(=O)NCCc2ccccc2)CC1. The number of unbranched alkanes of at least 4 members (excludes halogenated alkanes) is 1. The Hall–Kier alpha value is -1.84. The van der Waals surface area contributed by atoms with Crippen molar-refractivity contribution in [3.63, 3.8) is 0 Å². The van der Waals surface area contributed by atoms with Crippen LogP contribution in [0, 0.1) is 5.41 Å². The molecule has 0 bridgehead atoms. The second kappa shape index (κ2) is 7.43. The van der Waals surface area contributed by atoms with E-state index in [4.69, 9.17) is 0 Å².